The van der Waals surface area contributed by atoms with Gasteiger partial charge in [-0.15, -0.1) is 11.6 Å². The summed E-state index contributed by atoms with van der Waals surface area (Å²) < 4.78 is 21.2. The minimum absolute atomic E-state index is 0.0365. The maximum absolute atomic E-state index is 10.8. The van der Waals surface area contributed by atoms with Gasteiger partial charge in [0.15, 0.2) is 0 Å². The number of benzene rings is 6. The van der Waals surface area contributed by atoms with Crippen molar-refractivity contribution in [2.75, 3.05) is 21.3 Å². The van der Waals surface area contributed by atoms with Crippen molar-refractivity contribution in [3.63, 3.8) is 0 Å². The number of ether oxygens (including phenoxy) is 4. The fraction of sp³-hybridized carbons (Fsp3) is 0.309. The predicted octanol–water partition coefficient (Wildman–Crippen LogP) is 13.2. The molecule has 6 aromatic carbocycles. The summed E-state index contributed by atoms with van der Waals surface area (Å²) in [6.07, 6.45) is 1.56. The van der Waals surface area contributed by atoms with Gasteiger partial charge in [-0.2, -0.15) is 0 Å². The molecule has 338 valence electrons. The normalized spacial score (nSPS) is 11.0. The number of aromatic hydroxyl groups is 1. The van der Waals surface area contributed by atoms with E-state index >= 15 is 0 Å². The quantitative estimate of drug-likeness (QED) is 0.0822. The second-order valence-electron chi connectivity index (χ2n) is 17.4. The first kappa shape index (κ1) is 50.4. The van der Waals surface area contributed by atoms with E-state index in [1.165, 1.54) is 34.9 Å². The highest BCUT2D eigenvalue weighted by atomic mass is 35.5. The lowest BCUT2D eigenvalue weighted by Gasteiger charge is -2.24. The highest BCUT2D eigenvalue weighted by Crippen LogP contribution is 2.37. The molecule has 6 aromatic rings. The van der Waals surface area contributed by atoms with Gasteiger partial charge < -0.3 is 29.2 Å². The first-order chi connectivity index (χ1) is 30.4. The van der Waals surface area contributed by atoms with Crippen molar-refractivity contribution in [2.45, 2.75) is 90.5 Å². The number of phenols is 1. The van der Waals surface area contributed by atoms with Gasteiger partial charge >= 0.3 is 11.9 Å². The first-order valence-electron chi connectivity index (χ1n) is 21.3. The molecule has 64 heavy (non-hydrogen) atoms. The molecule has 0 spiro atoms. The van der Waals surface area contributed by atoms with E-state index in [1.807, 2.05) is 54.6 Å². The number of carbonyl (C=O) groups excluding carboxylic acids is 1. The zero-order valence-corrected chi connectivity index (χ0v) is 39.4. The number of carboxylic acid groups (broad SMARTS) is 1. The number of rotatable bonds is 14. The number of aliphatic carboxylic acids is 1. The zero-order chi connectivity index (χ0) is 46.9. The molecule has 0 bridgehead atoms. The third kappa shape index (κ3) is 15.8. The summed E-state index contributed by atoms with van der Waals surface area (Å²) in [5.41, 5.74) is 11.5. The number of phenolic OH excluding ortho intramolecular Hbond substituents is 1. The molecule has 0 unspecified atom stereocenters. The van der Waals surface area contributed by atoms with Crippen LogP contribution in [0.4, 0.5) is 0 Å². The van der Waals surface area contributed by atoms with E-state index in [-0.39, 0.29) is 29.0 Å². The lowest BCUT2D eigenvalue weighted by molar-refractivity contribution is -0.140. The zero-order valence-electron chi connectivity index (χ0n) is 38.7. The smallest absolute Gasteiger partial charge is 0.305 e. The molecule has 0 heterocycles. The van der Waals surface area contributed by atoms with Crippen LogP contribution in [0.1, 0.15) is 87.8 Å². The average molecular weight is 888 g/mol. The second-order valence-corrected chi connectivity index (χ2v) is 17.7. The van der Waals surface area contributed by atoms with Gasteiger partial charge in [-0.3, -0.25) is 9.59 Å². The predicted molar refractivity (Wildman–Crippen MR) is 259 cm³/mol. The molecule has 9 heteroatoms. The first-order valence-corrected chi connectivity index (χ1v) is 21.9. The Kier molecular flexibility index (Phi) is 18.9. The summed E-state index contributed by atoms with van der Waals surface area (Å²) in [4.78, 5) is 21.6. The Bertz CT molecular complexity index is 2440. The van der Waals surface area contributed by atoms with E-state index in [4.69, 9.17) is 36.0 Å². The monoisotopic (exact) mass is 886 g/mol. The lowest BCUT2D eigenvalue weighted by atomic mass is 9.81. The van der Waals surface area contributed by atoms with Gasteiger partial charge in [-0.25, -0.2) is 0 Å². The van der Waals surface area contributed by atoms with E-state index in [1.54, 1.807) is 32.4 Å². The number of hydrogen-bond acceptors (Lipinski definition) is 7. The average Bonchev–Trinajstić information content (AvgIpc) is 3.29. The molecule has 0 saturated carbocycles. The lowest BCUT2D eigenvalue weighted by Crippen LogP contribution is -2.13. The largest absolute Gasteiger partial charge is 0.508 e. The number of carboxylic acids is 1. The summed E-state index contributed by atoms with van der Waals surface area (Å²) in [7, 11) is 4.74. The maximum Gasteiger partial charge on any atom is 0.305 e. The van der Waals surface area contributed by atoms with Crippen LogP contribution in [-0.4, -0.2) is 43.5 Å². The standard InChI is InChI=1S/C27H30O4.C18H21ClO.C10H12O3/c1-27(2,3)25-16-20(11-13-24(25)21-8-6-9-22(17-21)30-4)18-31-23-10-5-7-19(15-23)12-14-26(28)29;1-18(2,3)17-10-13(12-19)8-9-16(17)14-6-5-7-15(11-14)20-4;1-13-10(12)6-5-8-3-2-4-9(11)7-8/h5-11,13,15-17H,12,14,18H2,1-4H3,(H,28,29);5-11H,12H2,1-4H3;2-4,7,11H,5-6H2,1H3. The van der Waals surface area contributed by atoms with Crippen LogP contribution in [0.2, 0.25) is 0 Å². The van der Waals surface area contributed by atoms with E-state index in [0.717, 1.165) is 45.1 Å². The minimum atomic E-state index is -0.794. The number of alkyl halides is 1. The van der Waals surface area contributed by atoms with Gasteiger partial charge in [-0.1, -0.05) is 126 Å². The fourth-order valence-electron chi connectivity index (χ4n) is 6.95. The van der Waals surface area contributed by atoms with Crippen LogP contribution < -0.4 is 14.2 Å². The molecular weight excluding hydrogens is 824 g/mol. The molecule has 8 nitrogen and oxygen atoms in total. The third-order valence-electron chi connectivity index (χ3n) is 10.4. The topological polar surface area (TPSA) is 112 Å². The van der Waals surface area contributed by atoms with Crippen LogP contribution in [-0.2, 0) is 50.5 Å². The van der Waals surface area contributed by atoms with Crippen LogP contribution in [0.5, 0.6) is 23.0 Å². The summed E-state index contributed by atoms with van der Waals surface area (Å²) in [5.74, 6) is 2.21. The van der Waals surface area contributed by atoms with Crippen molar-refractivity contribution in [1.82, 2.24) is 0 Å². The Morgan fingerprint density at radius 2 is 1.03 bits per heavy atom. The van der Waals surface area contributed by atoms with Crippen LogP contribution >= 0.6 is 11.6 Å². The Morgan fingerprint density at radius 1 is 0.547 bits per heavy atom. The van der Waals surface area contributed by atoms with Gasteiger partial charge in [0.25, 0.3) is 0 Å². The van der Waals surface area contributed by atoms with Crippen molar-refractivity contribution < 1.29 is 38.7 Å². The van der Waals surface area contributed by atoms with Gasteiger partial charge in [0.1, 0.15) is 29.6 Å². The SMILES string of the molecule is COC(=O)CCc1cccc(O)c1.COc1cccc(-c2ccc(CCl)cc2C(C)(C)C)c1.COc1cccc(-c2ccc(COc3cccc(CCC(=O)O)c3)cc2C(C)(C)C)c1. The molecule has 2 N–H and O–H groups in total. The molecular formula is C55H63ClO8. The molecule has 0 aliphatic rings. The molecule has 0 aromatic heterocycles. The number of aryl methyl sites for hydroxylation is 2. The van der Waals surface area contributed by atoms with E-state index in [0.29, 0.717) is 31.7 Å². The van der Waals surface area contributed by atoms with Crippen LogP contribution in [0.3, 0.4) is 0 Å². The van der Waals surface area contributed by atoms with E-state index in [9.17, 15) is 9.59 Å². The number of esters is 1. The minimum Gasteiger partial charge on any atom is -0.508 e. The molecule has 0 aliphatic carbocycles. The molecule has 0 fully saturated rings. The molecule has 0 atom stereocenters. The van der Waals surface area contributed by atoms with E-state index in [2.05, 4.69) is 107 Å². The summed E-state index contributed by atoms with van der Waals surface area (Å²) in [6, 6.07) is 43.7. The molecule has 0 amide bonds. The van der Waals surface area contributed by atoms with Crippen molar-refractivity contribution in [2.24, 2.45) is 0 Å². The summed E-state index contributed by atoms with van der Waals surface area (Å²) in [5, 5.41) is 18.0. The summed E-state index contributed by atoms with van der Waals surface area (Å²) >= 11 is 5.98. The van der Waals surface area contributed by atoms with Gasteiger partial charge in [-0.05, 0) is 128 Å². The molecule has 6 rings (SSSR count). The maximum atomic E-state index is 10.8. The fourth-order valence-corrected chi connectivity index (χ4v) is 7.12. The molecule has 0 aliphatic heterocycles. The van der Waals surface area contributed by atoms with Crippen molar-refractivity contribution >= 4 is 23.5 Å². The van der Waals surface area contributed by atoms with Crippen molar-refractivity contribution in [3.05, 3.63) is 167 Å². The van der Waals surface area contributed by atoms with Crippen LogP contribution in [0, 0.1) is 0 Å². The Balaban J connectivity index is 0.000000232. The molecule has 0 radical (unpaired) electrons. The number of hydrogen-bond donors (Lipinski definition) is 2. The highest BCUT2D eigenvalue weighted by Gasteiger charge is 2.21. The van der Waals surface area contributed by atoms with Crippen molar-refractivity contribution in [1.29, 1.82) is 0 Å². The number of halogens is 1. The van der Waals surface area contributed by atoms with Crippen LogP contribution in [0.15, 0.2) is 133 Å². The number of carbonyl (C=O) groups is 2. The summed E-state index contributed by atoms with van der Waals surface area (Å²) in [6.45, 7) is 13.8. The Morgan fingerprint density at radius 3 is 1.53 bits per heavy atom. The third-order valence-corrected chi connectivity index (χ3v) is 10.7. The molecule has 0 saturated heterocycles. The van der Waals surface area contributed by atoms with Gasteiger partial charge in [0, 0.05) is 18.7 Å². The Labute approximate surface area is 384 Å². The van der Waals surface area contributed by atoms with Gasteiger partial charge in [0.2, 0.25) is 0 Å². The Hall–Kier alpha value is -6.25. The van der Waals surface area contributed by atoms with Crippen molar-refractivity contribution in [3.8, 4) is 45.3 Å². The van der Waals surface area contributed by atoms with Crippen LogP contribution in [0.25, 0.3) is 22.3 Å². The van der Waals surface area contributed by atoms with E-state index < -0.39 is 5.97 Å². The highest BCUT2D eigenvalue weighted by molar-refractivity contribution is 6.17. The number of methoxy groups -OCH3 is 3. The second kappa shape index (κ2) is 24.0. The van der Waals surface area contributed by atoms with Gasteiger partial charge in [0.05, 0.1) is 21.3 Å².